The third kappa shape index (κ3) is 3.96. The quantitative estimate of drug-likeness (QED) is 0.728. The number of para-hydroxylation sites is 1. The molecule has 2 saturated carbocycles. The van der Waals surface area contributed by atoms with Gasteiger partial charge in [0.1, 0.15) is 5.76 Å². The van der Waals surface area contributed by atoms with E-state index in [1.165, 1.54) is 25.7 Å². The number of benzene rings is 1. The topological polar surface area (TPSA) is 36.7 Å². The number of hydrogen-bond acceptors (Lipinski definition) is 3. The van der Waals surface area contributed by atoms with Gasteiger partial charge in [0.2, 0.25) is 5.91 Å². The largest absolute Gasteiger partial charge is 0.467 e. The van der Waals surface area contributed by atoms with E-state index in [9.17, 15) is 4.79 Å². The molecular weight excluding hydrogens is 312 g/mol. The van der Waals surface area contributed by atoms with E-state index in [4.69, 9.17) is 4.42 Å². The zero-order valence-electron chi connectivity index (χ0n) is 14.8. The molecule has 4 nitrogen and oxygen atoms in total. The summed E-state index contributed by atoms with van der Waals surface area (Å²) >= 11 is 0. The van der Waals surface area contributed by atoms with Crippen molar-refractivity contribution in [3.05, 3.63) is 54.5 Å². The standard InChI is InChI=1S/C21H26N2O2/c1-16(17-9-10-17)22(19-11-12-19)15-21(24)23(14-20-8-5-13-25-20)18-6-3-2-4-7-18/h2-8,13,16-17,19H,9-12,14-15H2,1H3. The fraction of sp³-hybridized carbons (Fsp3) is 0.476. The maximum atomic E-state index is 13.2. The van der Waals surface area contributed by atoms with Gasteiger partial charge in [0, 0.05) is 17.8 Å². The fourth-order valence-electron chi connectivity index (χ4n) is 3.59. The minimum absolute atomic E-state index is 0.155. The van der Waals surface area contributed by atoms with Crippen LogP contribution in [0.1, 0.15) is 38.4 Å². The van der Waals surface area contributed by atoms with E-state index in [0.717, 1.165) is 17.4 Å². The minimum Gasteiger partial charge on any atom is -0.467 e. The van der Waals surface area contributed by atoms with Gasteiger partial charge in [-0.25, -0.2) is 0 Å². The number of amides is 1. The van der Waals surface area contributed by atoms with Gasteiger partial charge in [-0.15, -0.1) is 0 Å². The molecule has 0 saturated heterocycles. The number of anilines is 1. The van der Waals surface area contributed by atoms with Crippen LogP contribution in [0, 0.1) is 5.92 Å². The summed E-state index contributed by atoms with van der Waals surface area (Å²) in [6.07, 6.45) is 6.75. The third-order valence-electron chi connectivity index (χ3n) is 5.42. The summed E-state index contributed by atoms with van der Waals surface area (Å²) in [4.78, 5) is 17.5. The van der Waals surface area contributed by atoms with Gasteiger partial charge in [-0.2, -0.15) is 0 Å². The molecule has 25 heavy (non-hydrogen) atoms. The molecule has 1 aromatic heterocycles. The summed E-state index contributed by atoms with van der Waals surface area (Å²) in [5, 5.41) is 0. The summed E-state index contributed by atoms with van der Waals surface area (Å²) in [6, 6.07) is 14.8. The smallest absolute Gasteiger partial charge is 0.241 e. The molecule has 4 rings (SSSR count). The first-order valence-corrected chi connectivity index (χ1v) is 9.36. The zero-order chi connectivity index (χ0) is 17.2. The first-order chi connectivity index (χ1) is 12.2. The predicted molar refractivity (Wildman–Crippen MR) is 98.3 cm³/mol. The number of carbonyl (C=O) groups excluding carboxylic acids is 1. The van der Waals surface area contributed by atoms with Crippen LogP contribution in [-0.4, -0.2) is 29.4 Å². The molecule has 0 radical (unpaired) electrons. The Morgan fingerprint density at radius 2 is 1.88 bits per heavy atom. The lowest BCUT2D eigenvalue weighted by atomic mass is 10.1. The molecule has 1 heterocycles. The molecule has 0 bridgehead atoms. The Kier molecular flexibility index (Phi) is 4.62. The predicted octanol–water partition coefficient (Wildman–Crippen LogP) is 4.08. The van der Waals surface area contributed by atoms with Crippen molar-refractivity contribution in [1.29, 1.82) is 0 Å². The van der Waals surface area contributed by atoms with Crippen LogP contribution < -0.4 is 4.90 Å². The molecule has 132 valence electrons. The Morgan fingerprint density at radius 1 is 1.12 bits per heavy atom. The Bertz CT molecular complexity index is 690. The summed E-state index contributed by atoms with van der Waals surface area (Å²) in [7, 11) is 0. The van der Waals surface area contributed by atoms with Gasteiger partial charge in [-0.05, 0) is 62.8 Å². The molecule has 1 unspecified atom stereocenters. The van der Waals surface area contributed by atoms with Gasteiger partial charge in [-0.3, -0.25) is 9.69 Å². The van der Waals surface area contributed by atoms with Gasteiger partial charge in [0.15, 0.2) is 0 Å². The molecule has 1 aromatic carbocycles. The fourth-order valence-corrected chi connectivity index (χ4v) is 3.59. The molecule has 1 atom stereocenters. The summed E-state index contributed by atoms with van der Waals surface area (Å²) in [6.45, 7) is 3.27. The molecule has 2 aromatic rings. The Hall–Kier alpha value is -2.07. The monoisotopic (exact) mass is 338 g/mol. The Labute approximate surface area is 149 Å². The third-order valence-corrected chi connectivity index (χ3v) is 5.42. The summed E-state index contributed by atoms with van der Waals surface area (Å²) < 4.78 is 5.49. The number of carbonyl (C=O) groups is 1. The molecule has 2 fully saturated rings. The van der Waals surface area contributed by atoms with E-state index in [0.29, 0.717) is 25.2 Å². The van der Waals surface area contributed by atoms with Crippen molar-refractivity contribution in [3.63, 3.8) is 0 Å². The van der Waals surface area contributed by atoms with Gasteiger partial charge >= 0.3 is 0 Å². The molecule has 2 aliphatic carbocycles. The van der Waals surface area contributed by atoms with Crippen LogP contribution in [0.2, 0.25) is 0 Å². The van der Waals surface area contributed by atoms with Crippen molar-refractivity contribution in [2.24, 2.45) is 5.92 Å². The summed E-state index contributed by atoms with van der Waals surface area (Å²) in [5.74, 6) is 1.75. The highest BCUT2D eigenvalue weighted by Gasteiger charge is 2.40. The molecule has 2 aliphatic rings. The lowest BCUT2D eigenvalue weighted by Gasteiger charge is -2.31. The summed E-state index contributed by atoms with van der Waals surface area (Å²) in [5.41, 5.74) is 0.929. The molecule has 1 amide bonds. The van der Waals surface area contributed by atoms with E-state index in [1.54, 1.807) is 6.26 Å². The van der Waals surface area contributed by atoms with Crippen molar-refractivity contribution < 1.29 is 9.21 Å². The minimum atomic E-state index is 0.155. The van der Waals surface area contributed by atoms with Crippen LogP contribution in [0.25, 0.3) is 0 Å². The maximum Gasteiger partial charge on any atom is 0.241 e. The number of furan rings is 1. The molecule has 0 spiro atoms. The number of nitrogens with zero attached hydrogens (tertiary/aromatic N) is 2. The zero-order valence-corrected chi connectivity index (χ0v) is 14.8. The van der Waals surface area contributed by atoms with Gasteiger partial charge in [-0.1, -0.05) is 18.2 Å². The van der Waals surface area contributed by atoms with Gasteiger partial charge in [0.05, 0.1) is 19.4 Å². The van der Waals surface area contributed by atoms with E-state index >= 15 is 0 Å². The lowest BCUT2D eigenvalue weighted by molar-refractivity contribution is -0.120. The SMILES string of the molecule is CC(C1CC1)N(CC(=O)N(Cc1ccco1)c1ccccc1)C1CC1. The molecule has 0 N–H and O–H groups in total. The Morgan fingerprint density at radius 3 is 2.48 bits per heavy atom. The van der Waals surface area contributed by atoms with E-state index in [2.05, 4.69) is 11.8 Å². The van der Waals surface area contributed by atoms with Crippen molar-refractivity contribution in [1.82, 2.24) is 4.90 Å². The van der Waals surface area contributed by atoms with Gasteiger partial charge in [0.25, 0.3) is 0 Å². The first-order valence-electron chi connectivity index (χ1n) is 9.36. The first kappa shape index (κ1) is 16.4. The van der Waals surface area contributed by atoms with Crippen LogP contribution in [0.4, 0.5) is 5.69 Å². The van der Waals surface area contributed by atoms with E-state index < -0.39 is 0 Å². The van der Waals surface area contributed by atoms with Crippen LogP contribution in [-0.2, 0) is 11.3 Å². The maximum absolute atomic E-state index is 13.2. The highest BCUT2D eigenvalue weighted by molar-refractivity contribution is 5.94. The second kappa shape index (κ2) is 7.04. The van der Waals surface area contributed by atoms with Gasteiger partial charge < -0.3 is 9.32 Å². The second-order valence-corrected chi connectivity index (χ2v) is 7.38. The van der Waals surface area contributed by atoms with Crippen molar-refractivity contribution in [3.8, 4) is 0 Å². The highest BCUT2D eigenvalue weighted by atomic mass is 16.3. The van der Waals surface area contributed by atoms with Crippen LogP contribution in [0.15, 0.2) is 53.1 Å². The van der Waals surface area contributed by atoms with E-state index in [-0.39, 0.29) is 5.91 Å². The van der Waals surface area contributed by atoms with Crippen LogP contribution in [0.3, 0.4) is 0 Å². The average molecular weight is 338 g/mol. The Balaban J connectivity index is 1.52. The molecule has 0 aliphatic heterocycles. The van der Waals surface area contributed by atoms with Crippen molar-refractivity contribution in [2.75, 3.05) is 11.4 Å². The average Bonchev–Trinajstić information content (AvgIpc) is 3.56. The molecular formula is C21H26N2O2. The van der Waals surface area contributed by atoms with E-state index in [1.807, 2.05) is 47.4 Å². The normalized spacial score (nSPS) is 18.3. The highest BCUT2D eigenvalue weighted by Crippen LogP contribution is 2.39. The number of hydrogen-bond donors (Lipinski definition) is 0. The van der Waals surface area contributed by atoms with Crippen molar-refractivity contribution in [2.45, 2.75) is 51.2 Å². The van der Waals surface area contributed by atoms with Crippen molar-refractivity contribution >= 4 is 11.6 Å². The van der Waals surface area contributed by atoms with Crippen LogP contribution in [0.5, 0.6) is 0 Å². The van der Waals surface area contributed by atoms with Crippen LogP contribution >= 0.6 is 0 Å². The second-order valence-electron chi connectivity index (χ2n) is 7.38. The lowest BCUT2D eigenvalue weighted by Crippen LogP contribution is -2.45. The molecule has 4 heteroatoms. The number of rotatable bonds is 8.